The molecule has 1 unspecified atom stereocenters. The number of hydrogen-bond donors (Lipinski definition) is 1. The zero-order valence-electron chi connectivity index (χ0n) is 11.9. The summed E-state index contributed by atoms with van der Waals surface area (Å²) in [5.41, 5.74) is 1.22. The van der Waals surface area contributed by atoms with E-state index in [2.05, 4.69) is 12.2 Å². The molecule has 1 aromatic rings. The summed E-state index contributed by atoms with van der Waals surface area (Å²) in [5.74, 6) is 0.701. The van der Waals surface area contributed by atoms with E-state index in [-0.39, 0.29) is 6.42 Å². The summed E-state index contributed by atoms with van der Waals surface area (Å²) >= 11 is 0. The molecule has 2 nitrogen and oxygen atoms in total. The van der Waals surface area contributed by atoms with Gasteiger partial charge in [0.15, 0.2) is 0 Å². The topological polar surface area (TPSA) is 17.0 Å². The fourth-order valence-corrected chi connectivity index (χ4v) is 2.53. The van der Waals surface area contributed by atoms with Gasteiger partial charge in [-0.05, 0) is 49.8 Å². The number of rotatable bonds is 8. The van der Waals surface area contributed by atoms with Crippen molar-refractivity contribution in [1.82, 2.24) is 9.88 Å². The van der Waals surface area contributed by atoms with Gasteiger partial charge in [-0.25, -0.2) is 0 Å². The van der Waals surface area contributed by atoms with Gasteiger partial charge < -0.3 is 9.88 Å². The summed E-state index contributed by atoms with van der Waals surface area (Å²) in [7, 11) is 0. The molecule has 0 aliphatic heterocycles. The van der Waals surface area contributed by atoms with Crippen LogP contribution in [0.25, 0.3) is 0 Å². The number of nitrogens with zero attached hydrogens (tertiary/aromatic N) is 1. The minimum atomic E-state index is -4.05. The molecule has 0 amide bonds. The Labute approximate surface area is 118 Å². The second kappa shape index (κ2) is 6.66. The van der Waals surface area contributed by atoms with E-state index < -0.39 is 12.6 Å². The number of alkyl halides is 3. The molecule has 2 rings (SSSR count). The van der Waals surface area contributed by atoms with Crippen LogP contribution < -0.4 is 5.32 Å². The van der Waals surface area contributed by atoms with Gasteiger partial charge in [0.2, 0.25) is 0 Å². The average Bonchev–Trinajstić information content (AvgIpc) is 3.09. The minimum absolute atomic E-state index is 0.147. The van der Waals surface area contributed by atoms with Gasteiger partial charge in [-0.15, -0.1) is 0 Å². The van der Waals surface area contributed by atoms with Crippen LogP contribution in [0.5, 0.6) is 0 Å². The molecule has 0 radical (unpaired) electrons. The molecule has 5 heteroatoms. The quantitative estimate of drug-likeness (QED) is 0.755. The van der Waals surface area contributed by atoms with Crippen LogP contribution in [0.15, 0.2) is 18.5 Å². The molecular formula is C15H23F3N2. The van der Waals surface area contributed by atoms with Crippen molar-refractivity contribution in [3.63, 3.8) is 0 Å². The van der Waals surface area contributed by atoms with Gasteiger partial charge in [0.25, 0.3) is 0 Å². The van der Waals surface area contributed by atoms with E-state index in [0.717, 1.165) is 13.0 Å². The highest BCUT2D eigenvalue weighted by atomic mass is 19.4. The van der Waals surface area contributed by atoms with E-state index in [9.17, 15) is 13.2 Å². The van der Waals surface area contributed by atoms with Crippen molar-refractivity contribution in [3.05, 3.63) is 24.0 Å². The van der Waals surface area contributed by atoms with Crippen LogP contribution in [0, 0.1) is 5.92 Å². The first-order chi connectivity index (χ1) is 9.49. The first-order valence-electron chi connectivity index (χ1n) is 7.45. The molecule has 0 spiro atoms. The summed E-state index contributed by atoms with van der Waals surface area (Å²) in [6, 6.07) is 2.41. The predicted octanol–water partition coefficient (Wildman–Crippen LogP) is 4.28. The summed E-state index contributed by atoms with van der Waals surface area (Å²) in [4.78, 5) is 0. The lowest BCUT2D eigenvalue weighted by molar-refractivity contribution is -0.135. The van der Waals surface area contributed by atoms with Gasteiger partial charge >= 0.3 is 6.18 Å². The third-order valence-electron chi connectivity index (χ3n) is 3.72. The van der Waals surface area contributed by atoms with E-state index in [0.29, 0.717) is 18.5 Å². The molecule has 1 aliphatic rings. The molecule has 114 valence electrons. The lowest BCUT2D eigenvalue weighted by atomic mass is 10.1. The van der Waals surface area contributed by atoms with E-state index >= 15 is 0 Å². The second-order valence-electron chi connectivity index (χ2n) is 5.67. The molecular weight excluding hydrogens is 265 g/mol. The van der Waals surface area contributed by atoms with E-state index in [1.807, 2.05) is 23.0 Å². The van der Waals surface area contributed by atoms with Crippen molar-refractivity contribution < 1.29 is 13.2 Å². The highest BCUT2D eigenvalue weighted by Crippen LogP contribution is 2.41. The number of halogens is 3. The number of nitrogens with one attached hydrogen (secondary N) is 1. The molecule has 0 bridgehead atoms. The van der Waals surface area contributed by atoms with Gasteiger partial charge in [0.05, 0.1) is 0 Å². The zero-order chi connectivity index (χ0) is 14.6. The van der Waals surface area contributed by atoms with Crippen LogP contribution in [-0.4, -0.2) is 17.3 Å². The molecule has 1 aromatic heterocycles. The Hall–Kier alpha value is -0.970. The van der Waals surface area contributed by atoms with Crippen LogP contribution in [0.3, 0.4) is 0 Å². The van der Waals surface area contributed by atoms with Crippen molar-refractivity contribution in [3.8, 4) is 0 Å². The highest BCUT2D eigenvalue weighted by molar-refractivity contribution is 5.18. The SMILES string of the molecule is CCCNC(c1ccn(CCCC(F)(F)F)c1)C1CC1. The van der Waals surface area contributed by atoms with Gasteiger partial charge in [-0.2, -0.15) is 13.2 Å². The molecule has 1 N–H and O–H groups in total. The molecule has 1 fully saturated rings. The normalized spacial score (nSPS) is 17.4. The second-order valence-corrected chi connectivity index (χ2v) is 5.67. The third kappa shape index (κ3) is 4.85. The lowest BCUT2D eigenvalue weighted by Gasteiger charge is -2.16. The molecule has 1 saturated carbocycles. The maximum Gasteiger partial charge on any atom is 0.389 e. The third-order valence-corrected chi connectivity index (χ3v) is 3.72. The Morgan fingerprint density at radius 1 is 1.40 bits per heavy atom. The van der Waals surface area contributed by atoms with Gasteiger partial charge in [-0.1, -0.05) is 6.92 Å². The van der Waals surface area contributed by atoms with E-state index in [1.165, 1.54) is 18.4 Å². The average molecular weight is 288 g/mol. The number of aromatic nitrogens is 1. The van der Waals surface area contributed by atoms with Gasteiger partial charge in [-0.3, -0.25) is 0 Å². The first kappa shape index (κ1) is 15.4. The van der Waals surface area contributed by atoms with E-state index in [1.54, 1.807) is 0 Å². The summed E-state index contributed by atoms with van der Waals surface area (Å²) in [6.07, 6.45) is 2.89. The molecule has 1 heterocycles. The Kier molecular flexibility index (Phi) is 5.13. The van der Waals surface area contributed by atoms with Crippen molar-refractivity contribution in [2.75, 3.05) is 6.54 Å². The Bertz CT molecular complexity index is 407. The fraction of sp³-hybridized carbons (Fsp3) is 0.733. The Morgan fingerprint density at radius 2 is 2.15 bits per heavy atom. The molecule has 1 aliphatic carbocycles. The highest BCUT2D eigenvalue weighted by Gasteiger charge is 2.32. The van der Waals surface area contributed by atoms with Crippen molar-refractivity contribution in [1.29, 1.82) is 0 Å². The molecule has 0 saturated heterocycles. The largest absolute Gasteiger partial charge is 0.389 e. The van der Waals surface area contributed by atoms with Crippen LogP contribution in [0.2, 0.25) is 0 Å². The maximum atomic E-state index is 12.1. The zero-order valence-corrected chi connectivity index (χ0v) is 11.9. The van der Waals surface area contributed by atoms with Crippen molar-refractivity contribution in [2.45, 2.75) is 57.8 Å². The maximum absolute atomic E-state index is 12.1. The fourth-order valence-electron chi connectivity index (χ4n) is 2.53. The summed E-state index contributed by atoms with van der Waals surface area (Å²) in [6.45, 7) is 3.56. The predicted molar refractivity (Wildman–Crippen MR) is 73.5 cm³/mol. The lowest BCUT2D eigenvalue weighted by Crippen LogP contribution is -2.23. The summed E-state index contributed by atoms with van der Waals surface area (Å²) < 4.78 is 38.3. The van der Waals surface area contributed by atoms with Gasteiger partial charge in [0.1, 0.15) is 0 Å². The van der Waals surface area contributed by atoms with Crippen LogP contribution in [0.1, 0.15) is 50.6 Å². The molecule has 0 aromatic carbocycles. The minimum Gasteiger partial charge on any atom is -0.354 e. The van der Waals surface area contributed by atoms with Gasteiger partial charge in [0, 0.05) is 31.4 Å². The molecule has 1 atom stereocenters. The van der Waals surface area contributed by atoms with Crippen LogP contribution in [-0.2, 0) is 6.54 Å². The smallest absolute Gasteiger partial charge is 0.354 e. The standard InChI is InChI=1S/C15H23F3N2/c1-2-8-19-14(12-4-5-12)13-6-10-20(11-13)9-3-7-15(16,17)18/h6,10-12,14,19H,2-5,7-9H2,1H3. The number of aryl methyl sites for hydroxylation is 1. The van der Waals surface area contributed by atoms with Crippen LogP contribution >= 0.6 is 0 Å². The Morgan fingerprint density at radius 3 is 2.75 bits per heavy atom. The Balaban J connectivity index is 1.86. The first-order valence-corrected chi connectivity index (χ1v) is 7.45. The molecule has 20 heavy (non-hydrogen) atoms. The number of hydrogen-bond acceptors (Lipinski definition) is 1. The van der Waals surface area contributed by atoms with Crippen molar-refractivity contribution >= 4 is 0 Å². The summed E-state index contributed by atoms with van der Waals surface area (Å²) in [5, 5.41) is 3.55. The monoisotopic (exact) mass is 288 g/mol. The van der Waals surface area contributed by atoms with Crippen LogP contribution in [0.4, 0.5) is 13.2 Å². The van der Waals surface area contributed by atoms with Crippen molar-refractivity contribution in [2.24, 2.45) is 5.92 Å². The van der Waals surface area contributed by atoms with E-state index in [4.69, 9.17) is 0 Å².